The molecule has 6 heteroatoms. The molecule has 0 bridgehead atoms. The zero-order valence-corrected chi connectivity index (χ0v) is 14.3. The first-order valence-corrected chi connectivity index (χ1v) is 8.96. The van der Waals surface area contributed by atoms with Crippen molar-refractivity contribution < 1.29 is 9.18 Å². The predicted octanol–water partition coefficient (Wildman–Crippen LogP) is 2.59. The first-order valence-electron chi connectivity index (χ1n) is 8.96. The lowest BCUT2D eigenvalue weighted by molar-refractivity contribution is -0.127. The van der Waals surface area contributed by atoms with Crippen molar-refractivity contribution in [2.45, 2.75) is 38.4 Å². The number of hydrogen-bond donors (Lipinski definition) is 0. The van der Waals surface area contributed by atoms with Crippen LogP contribution in [0.3, 0.4) is 0 Å². The van der Waals surface area contributed by atoms with Crippen LogP contribution in [0.2, 0.25) is 0 Å². The van der Waals surface area contributed by atoms with E-state index in [1.807, 2.05) is 23.2 Å². The minimum Gasteiger partial charge on any atom is -0.343 e. The third-order valence-electron chi connectivity index (χ3n) is 5.18. The Morgan fingerprint density at radius 1 is 1.20 bits per heavy atom. The fourth-order valence-corrected chi connectivity index (χ4v) is 3.89. The van der Waals surface area contributed by atoms with Crippen molar-refractivity contribution in [1.29, 1.82) is 0 Å². The topological polar surface area (TPSA) is 41.4 Å². The molecule has 2 aromatic rings. The molecule has 1 fully saturated rings. The average molecular weight is 342 g/mol. The van der Waals surface area contributed by atoms with E-state index in [0.717, 1.165) is 51.1 Å². The maximum absolute atomic E-state index is 13.1. The predicted molar refractivity (Wildman–Crippen MR) is 92.2 cm³/mol. The molecule has 2 aliphatic rings. The summed E-state index contributed by atoms with van der Waals surface area (Å²) >= 11 is 0. The van der Waals surface area contributed by atoms with Crippen LogP contribution >= 0.6 is 0 Å². The monoisotopic (exact) mass is 342 g/mol. The van der Waals surface area contributed by atoms with Gasteiger partial charge in [0.15, 0.2) is 0 Å². The van der Waals surface area contributed by atoms with Gasteiger partial charge in [0.05, 0.1) is 11.7 Å². The summed E-state index contributed by atoms with van der Waals surface area (Å²) in [6.45, 7) is 4.22. The molecule has 2 aliphatic heterocycles. The summed E-state index contributed by atoms with van der Waals surface area (Å²) in [6.07, 6.45) is 4.44. The molecule has 132 valence electrons. The first-order chi connectivity index (χ1) is 12.2. The van der Waals surface area contributed by atoms with E-state index in [1.165, 1.54) is 17.8 Å². The minimum atomic E-state index is -0.200. The van der Waals surface area contributed by atoms with Crippen molar-refractivity contribution in [1.82, 2.24) is 19.6 Å². The molecule has 0 aliphatic carbocycles. The molecule has 1 unspecified atom stereocenters. The summed E-state index contributed by atoms with van der Waals surface area (Å²) in [7, 11) is 0. The second-order valence-corrected chi connectivity index (χ2v) is 6.99. The molecule has 3 heterocycles. The van der Waals surface area contributed by atoms with Crippen LogP contribution in [-0.2, 0) is 17.9 Å². The smallest absolute Gasteiger partial charge is 0.222 e. The van der Waals surface area contributed by atoms with Gasteiger partial charge < -0.3 is 4.90 Å². The van der Waals surface area contributed by atoms with Gasteiger partial charge in [-0.25, -0.2) is 4.39 Å². The molecule has 25 heavy (non-hydrogen) atoms. The van der Waals surface area contributed by atoms with Gasteiger partial charge in [-0.05, 0) is 36.6 Å². The number of rotatable bonds is 5. The largest absolute Gasteiger partial charge is 0.343 e. The SMILES string of the molecule is O=C1CCCN1CCC1CN(Cc2ccc(F)cc2)Cc2ccnn21. The highest BCUT2D eigenvalue weighted by Gasteiger charge is 2.27. The molecule has 1 aromatic heterocycles. The number of carbonyl (C=O) groups excluding carboxylic acids is 1. The molecule has 1 atom stereocenters. The Balaban J connectivity index is 1.43. The van der Waals surface area contributed by atoms with E-state index < -0.39 is 0 Å². The number of nitrogens with zero attached hydrogens (tertiary/aromatic N) is 4. The van der Waals surface area contributed by atoms with E-state index in [-0.39, 0.29) is 17.8 Å². The van der Waals surface area contributed by atoms with Gasteiger partial charge in [0.25, 0.3) is 0 Å². The highest BCUT2D eigenvalue weighted by molar-refractivity contribution is 5.77. The number of fused-ring (bicyclic) bond motifs is 1. The van der Waals surface area contributed by atoms with Crippen molar-refractivity contribution in [3.05, 3.63) is 53.6 Å². The summed E-state index contributed by atoms with van der Waals surface area (Å²) in [4.78, 5) is 16.2. The number of aromatic nitrogens is 2. The molecular weight excluding hydrogens is 319 g/mol. The quantitative estimate of drug-likeness (QED) is 0.839. The number of hydrogen-bond acceptors (Lipinski definition) is 3. The summed E-state index contributed by atoms with van der Waals surface area (Å²) in [6, 6.07) is 9.05. The van der Waals surface area contributed by atoms with E-state index in [1.54, 1.807) is 0 Å². The molecule has 0 saturated carbocycles. The molecule has 5 nitrogen and oxygen atoms in total. The fourth-order valence-electron chi connectivity index (χ4n) is 3.89. The third kappa shape index (κ3) is 3.58. The Bertz CT molecular complexity index is 742. The third-order valence-corrected chi connectivity index (χ3v) is 5.18. The summed E-state index contributed by atoms with van der Waals surface area (Å²) < 4.78 is 15.2. The lowest BCUT2D eigenvalue weighted by Gasteiger charge is -2.34. The van der Waals surface area contributed by atoms with Gasteiger partial charge in [0.2, 0.25) is 5.91 Å². The zero-order valence-electron chi connectivity index (χ0n) is 14.3. The van der Waals surface area contributed by atoms with E-state index in [9.17, 15) is 9.18 Å². The van der Waals surface area contributed by atoms with Crippen LogP contribution in [0.5, 0.6) is 0 Å². The lowest BCUT2D eigenvalue weighted by atomic mass is 10.1. The van der Waals surface area contributed by atoms with Crippen LogP contribution in [0.25, 0.3) is 0 Å². The van der Waals surface area contributed by atoms with Crippen LogP contribution in [0.15, 0.2) is 36.5 Å². The van der Waals surface area contributed by atoms with Gasteiger partial charge in [0.1, 0.15) is 5.82 Å². The fraction of sp³-hybridized carbons (Fsp3) is 0.474. The van der Waals surface area contributed by atoms with Crippen molar-refractivity contribution >= 4 is 5.91 Å². The minimum absolute atomic E-state index is 0.200. The second-order valence-electron chi connectivity index (χ2n) is 6.99. The standard InChI is InChI=1S/C19H23FN4O/c20-16-5-3-15(4-6-16)12-22-13-17-7-9-21-24(17)18(14-22)8-11-23-10-1-2-19(23)25/h3-7,9,18H,1-2,8,10-14H2. The number of amides is 1. The average Bonchev–Trinajstić information content (AvgIpc) is 3.23. The second kappa shape index (κ2) is 6.96. The number of benzene rings is 1. The van der Waals surface area contributed by atoms with Gasteiger partial charge in [-0.15, -0.1) is 0 Å². The van der Waals surface area contributed by atoms with Crippen LogP contribution < -0.4 is 0 Å². The van der Waals surface area contributed by atoms with Crippen molar-refractivity contribution in [3.8, 4) is 0 Å². The Labute approximate surface area is 147 Å². The molecule has 4 rings (SSSR count). The zero-order chi connectivity index (χ0) is 17.2. The number of carbonyl (C=O) groups is 1. The van der Waals surface area contributed by atoms with Crippen LogP contribution in [0.1, 0.15) is 36.6 Å². The van der Waals surface area contributed by atoms with Crippen LogP contribution in [0.4, 0.5) is 4.39 Å². The van der Waals surface area contributed by atoms with Gasteiger partial charge in [0, 0.05) is 45.3 Å². The van der Waals surface area contributed by atoms with Gasteiger partial charge in [-0.2, -0.15) is 5.10 Å². The molecular formula is C19H23FN4O. The van der Waals surface area contributed by atoms with Gasteiger partial charge in [-0.3, -0.25) is 14.4 Å². The van der Waals surface area contributed by atoms with Gasteiger partial charge >= 0.3 is 0 Å². The molecule has 1 amide bonds. The van der Waals surface area contributed by atoms with Crippen molar-refractivity contribution in [2.75, 3.05) is 19.6 Å². The lowest BCUT2D eigenvalue weighted by Crippen LogP contribution is -2.39. The number of halogens is 1. The van der Waals surface area contributed by atoms with E-state index in [0.29, 0.717) is 6.42 Å². The Morgan fingerprint density at radius 2 is 2.04 bits per heavy atom. The Kier molecular flexibility index (Phi) is 4.53. The highest BCUT2D eigenvalue weighted by Crippen LogP contribution is 2.25. The van der Waals surface area contributed by atoms with Crippen molar-refractivity contribution in [2.24, 2.45) is 0 Å². The van der Waals surface area contributed by atoms with Crippen molar-refractivity contribution in [3.63, 3.8) is 0 Å². The summed E-state index contributed by atoms with van der Waals surface area (Å²) in [5.74, 6) is 0.0771. The summed E-state index contributed by atoms with van der Waals surface area (Å²) in [5.41, 5.74) is 2.31. The van der Waals surface area contributed by atoms with E-state index >= 15 is 0 Å². The maximum atomic E-state index is 13.1. The molecule has 0 radical (unpaired) electrons. The van der Waals surface area contributed by atoms with Gasteiger partial charge in [-0.1, -0.05) is 12.1 Å². The highest BCUT2D eigenvalue weighted by atomic mass is 19.1. The molecule has 0 spiro atoms. The Morgan fingerprint density at radius 3 is 2.80 bits per heavy atom. The molecule has 1 aromatic carbocycles. The normalized spacial score (nSPS) is 20.9. The van der Waals surface area contributed by atoms with Crippen LogP contribution in [0, 0.1) is 5.82 Å². The maximum Gasteiger partial charge on any atom is 0.222 e. The summed E-state index contributed by atoms with van der Waals surface area (Å²) in [5, 5.41) is 4.49. The molecule has 0 N–H and O–H groups in total. The Hall–Kier alpha value is -2.21. The van der Waals surface area contributed by atoms with E-state index in [4.69, 9.17) is 0 Å². The molecule has 1 saturated heterocycles. The van der Waals surface area contributed by atoms with E-state index in [2.05, 4.69) is 20.7 Å². The first kappa shape index (κ1) is 16.3. The number of likely N-dealkylation sites (tertiary alicyclic amines) is 1. The van der Waals surface area contributed by atoms with Crippen LogP contribution in [-0.4, -0.2) is 45.1 Å².